The van der Waals surface area contributed by atoms with Gasteiger partial charge in [-0.25, -0.2) is 0 Å². The first-order valence-electron chi connectivity index (χ1n) is 6.53. The van der Waals surface area contributed by atoms with Crippen molar-refractivity contribution in [1.82, 2.24) is 4.90 Å². The molecule has 3 nitrogen and oxygen atoms in total. The summed E-state index contributed by atoms with van der Waals surface area (Å²) in [5.41, 5.74) is 3.01. The van der Waals surface area contributed by atoms with Gasteiger partial charge >= 0.3 is 5.97 Å². The highest BCUT2D eigenvalue weighted by Gasteiger charge is 2.40. The highest BCUT2D eigenvalue weighted by atomic mass is 16.5. The quantitative estimate of drug-likeness (QED) is 0.782. The van der Waals surface area contributed by atoms with E-state index in [1.807, 2.05) is 27.9 Å². The van der Waals surface area contributed by atoms with E-state index in [1.54, 1.807) is 0 Å². The Morgan fingerprint density at radius 2 is 1.84 bits per heavy atom. The van der Waals surface area contributed by atoms with Gasteiger partial charge in [-0.3, -0.25) is 4.79 Å². The molecule has 0 N–H and O–H groups in total. The summed E-state index contributed by atoms with van der Waals surface area (Å²) in [5, 5.41) is 0. The molecule has 0 amide bonds. The molecule has 0 aliphatic heterocycles. The Kier molecular flexibility index (Phi) is 4.75. The van der Waals surface area contributed by atoms with Gasteiger partial charge in [0.15, 0.2) is 0 Å². The summed E-state index contributed by atoms with van der Waals surface area (Å²) in [7, 11) is 5.43. The monoisotopic (exact) mass is 263 g/mol. The fourth-order valence-electron chi connectivity index (χ4n) is 2.82. The van der Waals surface area contributed by atoms with Crippen molar-refractivity contribution in [3.63, 3.8) is 0 Å². The van der Waals surface area contributed by atoms with Crippen LogP contribution < -0.4 is 0 Å². The molecule has 0 saturated carbocycles. The van der Waals surface area contributed by atoms with E-state index in [4.69, 9.17) is 4.74 Å². The molecule has 0 fully saturated rings. The summed E-state index contributed by atoms with van der Waals surface area (Å²) in [6.45, 7) is 8.03. The molecule has 0 spiro atoms. The minimum Gasteiger partial charge on any atom is -0.469 e. The molecule has 1 unspecified atom stereocenters. The Labute approximate surface area is 116 Å². The zero-order chi connectivity index (χ0) is 14.8. The summed E-state index contributed by atoms with van der Waals surface area (Å²) in [5.74, 6) is -0.189. The van der Waals surface area contributed by atoms with Gasteiger partial charge in [0.1, 0.15) is 0 Å². The SMILES string of the molecule is COC(=O)C(C)(C)C(c1ccc(C)cc1C)N(C)C. The van der Waals surface area contributed by atoms with Crippen molar-refractivity contribution < 1.29 is 9.53 Å². The Bertz CT molecular complexity index is 464. The van der Waals surface area contributed by atoms with E-state index in [0.29, 0.717) is 0 Å². The number of methoxy groups -OCH3 is 1. The van der Waals surface area contributed by atoms with E-state index in [9.17, 15) is 4.79 Å². The molecule has 0 aliphatic carbocycles. The molecule has 3 heteroatoms. The van der Waals surface area contributed by atoms with Gasteiger partial charge in [-0.2, -0.15) is 0 Å². The van der Waals surface area contributed by atoms with E-state index in [2.05, 4.69) is 36.9 Å². The molecular formula is C16H25NO2. The van der Waals surface area contributed by atoms with Crippen molar-refractivity contribution >= 4 is 5.97 Å². The van der Waals surface area contributed by atoms with Gasteiger partial charge in [0.05, 0.1) is 18.6 Å². The summed E-state index contributed by atoms with van der Waals surface area (Å²) < 4.78 is 4.97. The molecule has 0 heterocycles. The Balaban J connectivity index is 3.32. The number of hydrogen-bond acceptors (Lipinski definition) is 3. The van der Waals surface area contributed by atoms with Crippen LogP contribution in [-0.2, 0) is 9.53 Å². The molecule has 0 aliphatic rings. The van der Waals surface area contributed by atoms with Crippen molar-refractivity contribution in [2.75, 3.05) is 21.2 Å². The molecule has 0 aromatic heterocycles. The third-order valence-corrected chi connectivity index (χ3v) is 3.63. The number of carbonyl (C=O) groups excluding carboxylic acids is 1. The van der Waals surface area contributed by atoms with Crippen LogP contribution in [0.25, 0.3) is 0 Å². The number of ether oxygens (including phenoxy) is 1. The number of nitrogens with zero attached hydrogens (tertiary/aromatic N) is 1. The van der Waals surface area contributed by atoms with Crippen molar-refractivity contribution in [3.05, 3.63) is 34.9 Å². The first-order valence-corrected chi connectivity index (χ1v) is 6.53. The Morgan fingerprint density at radius 1 is 1.26 bits per heavy atom. The van der Waals surface area contributed by atoms with E-state index in [-0.39, 0.29) is 12.0 Å². The smallest absolute Gasteiger partial charge is 0.313 e. The highest BCUT2D eigenvalue weighted by Crippen LogP contribution is 2.39. The van der Waals surface area contributed by atoms with Gasteiger partial charge in [0, 0.05) is 0 Å². The predicted octanol–water partition coefficient (Wildman–Crippen LogP) is 3.11. The maximum Gasteiger partial charge on any atom is 0.313 e. The summed E-state index contributed by atoms with van der Waals surface area (Å²) in [4.78, 5) is 14.2. The largest absolute Gasteiger partial charge is 0.469 e. The Morgan fingerprint density at radius 3 is 2.26 bits per heavy atom. The summed E-state index contributed by atoms with van der Waals surface area (Å²) >= 11 is 0. The van der Waals surface area contributed by atoms with Crippen LogP contribution in [0.2, 0.25) is 0 Å². The van der Waals surface area contributed by atoms with Gasteiger partial charge in [-0.1, -0.05) is 23.8 Å². The second-order valence-corrected chi connectivity index (χ2v) is 5.94. The third kappa shape index (κ3) is 3.16. The normalized spacial score (nSPS) is 13.5. The second-order valence-electron chi connectivity index (χ2n) is 5.94. The zero-order valence-electron chi connectivity index (χ0n) is 13.1. The third-order valence-electron chi connectivity index (χ3n) is 3.63. The highest BCUT2D eigenvalue weighted by molar-refractivity contribution is 5.77. The van der Waals surface area contributed by atoms with E-state index in [1.165, 1.54) is 23.8 Å². The van der Waals surface area contributed by atoms with Gasteiger partial charge in [0.2, 0.25) is 0 Å². The van der Waals surface area contributed by atoms with Crippen molar-refractivity contribution in [1.29, 1.82) is 0 Å². The van der Waals surface area contributed by atoms with E-state index >= 15 is 0 Å². The molecule has 0 radical (unpaired) electrons. The maximum atomic E-state index is 12.1. The Hall–Kier alpha value is -1.35. The van der Waals surface area contributed by atoms with Crippen LogP contribution in [0, 0.1) is 19.3 Å². The molecule has 1 aromatic rings. The molecule has 1 atom stereocenters. The lowest BCUT2D eigenvalue weighted by Crippen LogP contribution is -2.40. The zero-order valence-corrected chi connectivity index (χ0v) is 13.1. The van der Waals surface area contributed by atoms with Crippen LogP contribution in [0.1, 0.15) is 36.6 Å². The van der Waals surface area contributed by atoms with Crippen LogP contribution in [0.3, 0.4) is 0 Å². The maximum absolute atomic E-state index is 12.1. The standard InChI is InChI=1S/C16H25NO2/c1-11-8-9-13(12(2)10-11)14(17(5)6)16(3,4)15(18)19-7/h8-10,14H,1-7H3. The van der Waals surface area contributed by atoms with Gasteiger partial charge in [-0.15, -0.1) is 0 Å². The van der Waals surface area contributed by atoms with Crippen molar-refractivity contribution in [3.8, 4) is 0 Å². The van der Waals surface area contributed by atoms with Crippen molar-refractivity contribution in [2.24, 2.45) is 5.41 Å². The number of hydrogen-bond donors (Lipinski definition) is 0. The van der Waals surface area contributed by atoms with Gasteiger partial charge < -0.3 is 9.64 Å². The van der Waals surface area contributed by atoms with Crippen LogP contribution in [0.15, 0.2) is 18.2 Å². The average Bonchev–Trinajstić information content (AvgIpc) is 2.30. The minimum atomic E-state index is -0.599. The van der Waals surface area contributed by atoms with Gasteiger partial charge in [0.25, 0.3) is 0 Å². The lowest BCUT2D eigenvalue weighted by atomic mass is 9.78. The predicted molar refractivity (Wildman–Crippen MR) is 78.1 cm³/mol. The molecular weight excluding hydrogens is 238 g/mol. The first kappa shape index (κ1) is 15.7. The fourth-order valence-corrected chi connectivity index (χ4v) is 2.82. The number of carbonyl (C=O) groups is 1. The molecule has 1 rings (SSSR count). The second kappa shape index (κ2) is 5.74. The van der Waals surface area contributed by atoms with Crippen molar-refractivity contribution in [2.45, 2.75) is 33.7 Å². The molecule has 0 saturated heterocycles. The number of aryl methyl sites for hydroxylation is 2. The first-order chi connectivity index (χ1) is 8.71. The van der Waals surface area contributed by atoms with Crippen LogP contribution >= 0.6 is 0 Å². The van der Waals surface area contributed by atoms with Crippen LogP contribution in [0.5, 0.6) is 0 Å². The van der Waals surface area contributed by atoms with Crippen LogP contribution in [0.4, 0.5) is 0 Å². The fraction of sp³-hybridized carbons (Fsp3) is 0.562. The number of benzene rings is 1. The number of rotatable bonds is 4. The molecule has 19 heavy (non-hydrogen) atoms. The van der Waals surface area contributed by atoms with Crippen LogP contribution in [-0.4, -0.2) is 32.1 Å². The molecule has 106 valence electrons. The lowest BCUT2D eigenvalue weighted by Gasteiger charge is -2.37. The average molecular weight is 263 g/mol. The molecule has 0 bridgehead atoms. The van der Waals surface area contributed by atoms with E-state index in [0.717, 1.165) is 0 Å². The minimum absolute atomic E-state index is 0.0134. The topological polar surface area (TPSA) is 29.5 Å². The summed E-state index contributed by atoms with van der Waals surface area (Å²) in [6, 6.07) is 6.34. The molecule has 1 aromatic carbocycles. The lowest BCUT2D eigenvalue weighted by molar-refractivity contribution is -0.154. The summed E-state index contributed by atoms with van der Waals surface area (Å²) in [6.07, 6.45) is 0. The van der Waals surface area contributed by atoms with Gasteiger partial charge in [-0.05, 0) is 52.9 Å². The van der Waals surface area contributed by atoms with E-state index < -0.39 is 5.41 Å². The number of esters is 1.